The maximum absolute atomic E-state index is 6.33. The predicted molar refractivity (Wildman–Crippen MR) is 96.9 cm³/mol. The summed E-state index contributed by atoms with van der Waals surface area (Å²) in [5.74, 6) is 3.52. The first-order valence-electron chi connectivity index (χ1n) is 7.94. The number of hydrogen-bond donors (Lipinski definition) is 1. The molecule has 1 nitrogen and oxygen atoms in total. The van der Waals surface area contributed by atoms with Crippen LogP contribution in [0.15, 0.2) is 18.2 Å². The van der Waals surface area contributed by atoms with E-state index >= 15 is 0 Å². The highest BCUT2D eigenvalue weighted by atomic mass is 35.5. The SMILES string of the molecule is CCCNC(Cc1ccc(Cl)cc1Cl)CC1CCSCC1. The molecule has 1 aliphatic rings. The zero-order valence-electron chi connectivity index (χ0n) is 12.7. The number of rotatable bonds is 7. The molecule has 2 rings (SSSR count). The van der Waals surface area contributed by atoms with Crippen molar-refractivity contribution in [3.05, 3.63) is 33.8 Å². The van der Waals surface area contributed by atoms with Gasteiger partial charge in [0.15, 0.2) is 0 Å². The Bertz CT molecular complexity index is 433. The summed E-state index contributed by atoms with van der Waals surface area (Å²) in [6, 6.07) is 6.39. The summed E-state index contributed by atoms with van der Waals surface area (Å²) in [4.78, 5) is 0. The topological polar surface area (TPSA) is 12.0 Å². The van der Waals surface area contributed by atoms with Crippen LogP contribution in [0.25, 0.3) is 0 Å². The lowest BCUT2D eigenvalue weighted by molar-refractivity contribution is 0.362. The smallest absolute Gasteiger partial charge is 0.0453 e. The van der Waals surface area contributed by atoms with Gasteiger partial charge in [0.1, 0.15) is 0 Å². The fourth-order valence-corrected chi connectivity index (χ4v) is 4.61. The predicted octanol–water partition coefficient (Wildman–Crippen LogP) is 5.44. The summed E-state index contributed by atoms with van der Waals surface area (Å²) in [7, 11) is 0. The molecule has 1 atom stereocenters. The van der Waals surface area contributed by atoms with Gasteiger partial charge in [-0.3, -0.25) is 0 Å². The van der Waals surface area contributed by atoms with Gasteiger partial charge in [-0.2, -0.15) is 11.8 Å². The molecule has 118 valence electrons. The van der Waals surface area contributed by atoms with Crippen molar-refractivity contribution >= 4 is 35.0 Å². The van der Waals surface area contributed by atoms with Gasteiger partial charge in [0.05, 0.1) is 0 Å². The maximum atomic E-state index is 6.33. The van der Waals surface area contributed by atoms with Crippen LogP contribution in [-0.2, 0) is 6.42 Å². The second-order valence-electron chi connectivity index (χ2n) is 5.88. The molecular formula is C17H25Cl2NS. The molecule has 1 aromatic carbocycles. The minimum Gasteiger partial charge on any atom is -0.314 e. The van der Waals surface area contributed by atoms with Gasteiger partial charge in [0.2, 0.25) is 0 Å². The Morgan fingerprint density at radius 1 is 1.29 bits per heavy atom. The number of halogens is 2. The van der Waals surface area contributed by atoms with Crippen LogP contribution in [-0.4, -0.2) is 24.1 Å². The van der Waals surface area contributed by atoms with E-state index in [1.165, 1.54) is 42.8 Å². The fourth-order valence-electron chi connectivity index (χ4n) is 2.92. The lowest BCUT2D eigenvalue weighted by atomic mass is 9.91. The van der Waals surface area contributed by atoms with Crippen LogP contribution in [0.2, 0.25) is 10.0 Å². The Morgan fingerprint density at radius 2 is 2.05 bits per heavy atom. The number of benzene rings is 1. The molecule has 1 aliphatic heterocycles. The van der Waals surface area contributed by atoms with Crippen molar-refractivity contribution in [1.29, 1.82) is 0 Å². The summed E-state index contributed by atoms with van der Waals surface area (Å²) in [6.07, 6.45) is 6.16. The Hall–Kier alpha value is 0.110. The molecule has 1 saturated heterocycles. The van der Waals surface area contributed by atoms with E-state index in [4.69, 9.17) is 23.2 Å². The molecule has 0 bridgehead atoms. The summed E-state index contributed by atoms with van der Waals surface area (Å²) < 4.78 is 0. The lowest BCUT2D eigenvalue weighted by Crippen LogP contribution is -2.34. The van der Waals surface area contributed by atoms with Crippen molar-refractivity contribution in [3.63, 3.8) is 0 Å². The van der Waals surface area contributed by atoms with Crippen LogP contribution in [0.4, 0.5) is 0 Å². The molecule has 0 saturated carbocycles. The molecule has 1 aromatic rings. The normalized spacial score (nSPS) is 17.9. The quantitative estimate of drug-likeness (QED) is 0.706. The van der Waals surface area contributed by atoms with E-state index in [9.17, 15) is 0 Å². The largest absolute Gasteiger partial charge is 0.314 e. The Kier molecular flexibility index (Phi) is 7.73. The molecule has 1 heterocycles. The first-order valence-corrected chi connectivity index (χ1v) is 9.85. The average molecular weight is 346 g/mol. The van der Waals surface area contributed by atoms with Crippen LogP contribution in [0.3, 0.4) is 0 Å². The molecule has 21 heavy (non-hydrogen) atoms. The van der Waals surface area contributed by atoms with Crippen LogP contribution >= 0.6 is 35.0 Å². The highest BCUT2D eigenvalue weighted by molar-refractivity contribution is 7.99. The summed E-state index contributed by atoms with van der Waals surface area (Å²) in [6.45, 7) is 3.30. The summed E-state index contributed by atoms with van der Waals surface area (Å²) >= 11 is 14.4. The zero-order chi connectivity index (χ0) is 15.1. The van der Waals surface area contributed by atoms with E-state index in [1.54, 1.807) is 0 Å². The molecule has 0 aliphatic carbocycles. The number of hydrogen-bond acceptors (Lipinski definition) is 2. The van der Waals surface area contributed by atoms with Crippen molar-refractivity contribution in [2.75, 3.05) is 18.1 Å². The van der Waals surface area contributed by atoms with Gasteiger partial charge in [0, 0.05) is 16.1 Å². The van der Waals surface area contributed by atoms with Crippen molar-refractivity contribution in [1.82, 2.24) is 5.32 Å². The van der Waals surface area contributed by atoms with E-state index in [0.29, 0.717) is 11.1 Å². The maximum Gasteiger partial charge on any atom is 0.0453 e. The van der Waals surface area contributed by atoms with Gasteiger partial charge >= 0.3 is 0 Å². The molecule has 4 heteroatoms. The van der Waals surface area contributed by atoms with E-state index in [1.807, 2.05) is 12.1 Å². The van der Waals surface area contributed by atoms with Crippen molar-refractivity contribution in [2.45, 2.75) is 45.1 Å². The third-order valence-electron chi connectivity index (χ3n) is 4.12. The first-order chi connectivity index (χ1) is 10.2. The Balaban J connectivity index is 1.97. The summed E-state index contributed by atoms with van der Waals surface area (Å²) in [5.41, 5.74) is 1.21. The third kappa shape index (κ3) is 6.02. The molecule has 0 radical (unpaired) electrons. The molecule has 0 spiro atoms. The van der Waals surface area contributed by atoms with E-state index < -0.39 is 0 Å². The molecule has 0 amide bonds. The molecule has 1 unspecified atom stereocenters. The molecular weight excluding hydrogens is 321 g/mol. The van der Waals surface area contributed by atoms with E-state index in [0.717, 1.165) is 23.9 Å². The van der Waals surface area contributed by atoms with Crippen LogP contribution in [0, 0.1) is 5.92 Å². The van der Waals surface area contributed by atoms with Crippen molar-refractivity contribution < 1.29 is 0 Å². The van der Waals surface area contributed by atoms with Gasteiger partial charge in [-0.15, -0.1) is 0 Å². The standard InChI is InChI=1S/C17H25Cl2NS/c1-2-7-20-16(10-13-5-8-21-9-6-13)11-14-3-4-15(18)12-17(14)19/h3-4,12-13,16,20H,2,5-11H2,1H3. The Labute approximate surface area is 143 Å². The minimum atomic E-state index is 0.525. The van der Waals surface area contributed by atoms with Crippen molar-refractivity contribution in [2.24, 2.45) is 5.92 Å². The van der Waals surface area contributed by atoms with Gasteiger partial charge in [-0.1, -0.05) is 36.2 Å². The summed E-state index contributed by atoms with van der Waals surface area (Å²) in [5, 5.41) is 5.22. The second-order valence-corrected chi connectivity index (χ2v) is 7.95. The van der Waals surface area contributed by atoms with Gasteiger partial charge in [-0.05, 0) is 73.8 Å². The number of thioether (sulfide) groups is 1. The minimum absolute atomic E-state index is 0.525. The Morgan fingerprint density at radius 3 is 2.71 bits per heavy atom. The highest BCUT2D eigenvalue weighted by Crippen LogP contribution is 2.28. The van der Waals surface area contributed by atoms with Gasteiger partial charge in [0.25, 0.3) is 0 Å². The monoisotopic (exact) mass is 345 g/mol. The van der Waals surface area contributed by atoms with Crippen molar-refractivity contribution in [3.8, 4) is 0 Å². The van der Waals surface area contributed by atoms with Crippen LogP contribution < -0.4 is 5.32 Å². The van der Waals surface area contributed by atoms with Gasteiger partial charge < -0.3 is 5.32 Å². The third-order valence-corrected chi connectivity index (χ3v) is 5.76. The van der Waals surface area contributed by atoms with E-state index in [2.05, 4.69) is 30.1 Å². The second kappa shape index (κ2) is 9.29. The van der Waals surface area contributed by atoms with Crippen LogP contribution in [0.5, 0.6) is 0 Å². The fraction of sp³-hybridized carbons (Fsp3) is 0.647. The number of nitrogens with one attached hydrogen (secondary N) is 1. The average Bonchev–Trinajstić information content (AvgIpc) is 2.48. The first kappa shape index (κ1) is 17.5. The van der Waals surface area contributed by atoms with E-state index in [-0.39, 0.29) is 0 Å². The highest BCUT2D eigenvalue weighted by Gasteiger charge is 2.20. The van der Waals surface area contributed by atoms with Gasteiger partial charge in [-0.25, -0.2) is 0 Å². The zero-order valence-corrected chi connectivity index (χ0v) is 15.0. The molecule has 1 N–H and O–H groups in total. The molecule has 0 aromatic heterocycles. The van der Waals surface area contributed by atoms with Crippen LogP contribution in [0.1, 0.15) is 38.2 Å². The lowest BCUT2D eigenvalue weighted by Gasteiger charge is -2.27. The molecule has 1 fully saturated rings.